The number of rotatable bonds is 4. The van der Waals surface area contributed by atoms with E-state index in [-0.39, 0.29) is 73.1 Å². The molecule has 3 fully saturated rings. The molecule has 9 nitrogen and oxygen atoms in total. The van der Waals surface area contributed by atoms with Gasteiger partial charge in [0.1, 0.15) is 40.5 Å². The fraction of sp³-hybridized carbons (Fsp3) is 0.484. The van der Waals surface area contributed by atoms with Crippen molar-refractivity contribution < 1.29 is 22.3 Å². The van der Waals surface area contributed by atoms with Gasteiger partial charge < -0.3 is 15.4 Å². The number of nitrogens with zero attached hydrogens (tertiary/aromatic N) is 6. The minimum atomic E-state index is -1.72. The van der Waals surface area contributed by atoms with Crippen LogP contribution in [-0.2, 0) is 6.42 Å². The van der Waals surface area contributed by atoms with Crippen LogP contribution in [0.2, 0.25) is 0 Å². The Morgan fingerprint density at radius 3 is 2.69 bits per heavy atom. The van der Waals surface area contributed by atoms with Crippen LogP contribution in [0, 0.1) is 28.9 Å². The lowest BCUT2D eigenvalue weighted by Gasteiger charge is -2.42. The highest BCUT2D eigenvalue weighted by Crippen LogP contribution is 2.45. The van der Waals surface area contributed by atoms with Gasteiger partial charge in [0, 0.05) is 10.9 Å². The second-order valence-corrected chi connectivity index (χ2v) is 13.6. The molecule has 4 atom stereocenters. The number of aromatic nitrogens is 3. The summed E-state index contributed by atoms with van der Waals surface area (Å²) >= 11 is 0.907. The number of pyridine rings is 1. The molecule has 0 spiro atoms. The first-order valence-corrected chi connectivity index (χ1v) is 16.0. The highest BCUT2D eigenvalue weighted by Gasteiger charge is 2.46. The van der Waals surface area contributed by atoms with Gasteiger partial charge in [0.2, 0.25) is 0 Å². The number of alkyl halides is 2. The number of nitriles is 1. The largest absolute Gasteiger partial charge is 0.461 e. The molecule has 3 unspecified atom stereocenters. The first-order chi connectivity index (χ1) is 21.7. The third-order valence-electron chi connectivity index (χ3n) is 10.0. The minimum absolute atomic E-state index is 0.0341. The van der Waals surface area contributed by atoms with E-state index in [0.717, 1.165) is 50.1 Å². The average Bonchev–Trinajstić information content (AvgIpc) is 3.67. The molecule has 0 bridgehead atoms. The molecule has 234 valence electrons. The summed E-state index contributed by atoms with van der Waals surface area (Å²) in [6.45, 7) is 3.90. The number of hydrogen-bond donors (Lipinski definition) is 2. The standard InChI is InChI=1S/C31H30F4N8OS/c1-14-10-18-21-24(22(34)23(38-18)15-4-5-17(32)26-20(15)16(11-36)28(37)45-26)40-30(44-13-31-6-2-8-42(31)9-3-7-31)41-29(21)43-12-19(33)39-27(35)25(14)43/h4-5,14,19,25,27,39H,2-3,6-10,12-13,37H2,1H3/t14-,19?,25?,27?/m0/s1. The van der Waals surface area contributed by atoms with E-state index in [1.807, 2.05) is 13.0 Å². The minimum Gasteiger partial charge on any atom is -0.461 e. The number of fused-ring (bicyclic) bond motifs is 4. The molecule has 3 N–H and O–H groups in total. The second kappa shape index (κ2) is 10.4. The van der Waals surface area contributed by atoms with Gasteiger partial charge in [0.15, 0.2) is 18.4 Å². The molecule has 45 heavy (non-hydrogen) atoms. The Morgan fingerprint density at radius 2 is 1.93 bits per heavy atom. The number of anilines is 2. The van der Waals surface area contributed by atoms with E-state index in [4.69, 9.17) is 15.5 Å². The normalized spacial score (nSPS) is 25.7. The zero-order chi connectivity index (χ0) is 31.2. The summed E-state index contributed by atoms with van der Waals surface area (Å²) in [4.78, 5) is 17.9. The van der Waals surface area contributed by atoms with Crippen LogP contribution < -0.4 is 20.7 Å². The molecule has 4 aliphatic heterocycles. The lowest BCUT2D eigenvalue weighted by Crippen LogP contribution is -2.62. The van der Waals surface area contributed by atoms with E-state index in [0.29, 0.717) is 12.3 Å². The van der Waals surface area contributed by atoms with Gasteiger partial charge >= 0.3 is 6.01 Å². The van der Waals surface area contributed by atoms with Gasteiger partial charge in [0.05, 0.1) is 39.5 Å². The number of ether oxygens (including phenoxy) is 1. The van der Waals surface area contributed by atoms with Crippen molar-refractivity contribution in [2.24, 2.45) is 5.92 Å². The first-order valence-electron chi connectivity index (χ1n) is 15.2. The molecule has 14 heteroatoms. The van der Waals surface area contributed by atoms with Crippen LogP contribution in [-0.4, -0.2) is 70.3 Å². The first kappa shape index (κ1) is 28.7. The average molecular weight is 639 g/mol. The van der Waals surface area contributed by atoms with Crippen LogP contribution in [0.1, 0.15) is 43.9 Å². The number of benzene rings is 1. The van der Waals surface area contributed by atoms with Crippen molar-refractivity contribution >= 4 is 43.1 Å². The number of halogens is 4. The van der Waals surface area contributed by atoms with Crippen molar-refractivity contribution in [2.45, 2.75) is 63.2 Å². The van der Waals surface area contributed by atoms with Crippen LogP contribution in [0.4, 0.5) is 28.4 Å². The Kier molecular flexibility index (Phi) is 6.60. The highest BCUT2D eigenvalue weighted by atomic mass is 32.1. The van der Waals surface area contributed by atoms with E-state index in [1.54, 1.807) is 4.90 Å². The van der Waals surface area contributed by atoms with E-state index in [2.05, 4.69) is 20.2 Å². The third-order valence-corrected chi connectivity index (χ3v) is 11.0. The Bertz CT molecular complexity index is 1900. The Balaban J connectivity index is 1.35. The van der Waals surface area contributed by atoms with Crippen LogP contribution in [0.25, 0.3) is 32.2 Å². The van der Waals surface area contributed by atoms with Crippen molar-refractivity contribution in [2.75, 3.05) is 36.9 Å². The van der Waals surface area contributed by atoms with Crippen molar-refractivity contribution in [1.29, 1.82) is 5.26 Å². The smallest absolute Gasteiger partial charge is 0.319 e. The lowest BCUT2D eigenvalue weighted by molar-refractivity contribution is 0.0886. The quantitative estimate of drug-likeness (QED) is 0.230. The molecule has 1 aromatic carbocycles. The number of nitrogens with one attached hydrogen (secondary N) is 1. The third kappa shape index (κ3) is 4.27. The summed E-state index contributed by atoms with van der Waals surface area (Å²) < 4.78 is 68.4. The zero-order valence-electron chi connectivity index (χ0n) is 24.4. The molecule has 3 aromatic heterocycles. The molecule has 0 aliphatic carbocycles. The van der Waals surface area contributed by atoms with E-state index < -0.39 is 36.2 Å². The number of nitrogens with two attached hydrogens (primary N) is 1. The van der Waals surface area contributed by atoms with Gasteiger partial charge in [-0.15, -0.1) is 11.3 Å². The van der Waals surface area contributed by atoms with Crippen LogP contribution >= 0.6 is 11.3 Å². The topological polar surface area (TPSA) is 116 Å². The fourth-order valence-electron chi connectivity index (χ4n) is 7.99. The van der Waals surface area contributed by atoms with Gasteiger partial charge in [-0.25, -0.2) is 22.5 Å². The van der Waals surface area contributed by atoms with Crippen molar-refractivity contribution in [3.8, 4) is 23.3 Å². The number of nitrogen functional groups attached to an aromatic ring is 1. The Hall–Kier alpha value is -3.80. The summed E-state index contributed by atoms with van der Waals surface area (Å²) in [5.74, 6) is -1.65. The molecule has 7 heterocycles. The molecule has 3 saturated heterocycles. The molecule has 0 amide bonds. The van der Waals surface area contributed by atoms with E-state index in [1.165, 1.54) is 12.1 Å². The predicted octanol–water partition coefficient (Wildman–Crippen LogP) is 5.21. The van der Waals surface area contributed by atoms with Gasteiger partial charge in [-0.05, 0) is 63.2 Å². The van der Waals surface area contributed by atoms with Crippen molar-refractivity contribution in [3.63, 3.8) is 0 Å². The summed E-state index contributed by atoms with van der Waals surface area (Å²) in [5.41, 5.74) is 6.27. The monoisotopic (exact) mass is 638 g/mol. The fourth-order valence-corrected chi connectivity index (χ4v) is 8.94. The maximum absolute atomic E-state index is 16.9. The number of hydrogen-bond acceptors (Lipinski definition) is 10. The van der Waals surface area contributed by atoms with E-state index >= 15 is 8.78 Å². The Morgan fingerprint density at radius 1 is 1.16 bits per heavy atom. The van der Waals surface area contributed by atoms with Crippen molar-refractivity contribution in [3.05, 3.63) is 35.0 Å². The summed E-state index contributed by atoms with van der Waals surface area (Å²) in [7, 11) is 0. The molecule has 8 rings (SSSR count). The maximum atomic E-state index is 16.9. The lowest BCUT2D eigenvalue weighted by atomic mass is 9.93. The molecular formula is C31H30F4N8OS. The highest BCUT2D eigenvalue weighted by molar-refractivity contribution is 7.23. The summed E-state index contributed by atoms with van der Waals surface area (Å²) in [5, 5.41) is 12.8. The Labute approximate surface area is 260 Å². The molecule has 0 saturated carbocycles. The summed E-state index contributed by atoms with van der Waals surface area (Å²) in [6, 6.07) is 3.68. The molecule has 4 aliphatic rings. The number of piperazine rings is 1. The predicted molar refractivity (Wildman–Crippen MR) is 162 cm³/mol. The summed E-state index contributed by atoms with van der Waals surface area (Å²) in [6.07, 6.45) is 0.860. The van der Waals surface area contributed by atoms with Gasteiger partial charge in [-0.3, -0.25) is 10.2 Å². The molecular weight excluding hydrogens is 608 g/mol. The van der Waals surface area contributed by atoms with Crippen LogP contribution in [0.15, 0.2) is 12.1 Å². The zero-order valence-corrected chi connectivity index (χ0v) is 25.2. The maximum Gasteiger partial charge on any atom is 0.319 e. The van der Waals surface area contributed by atoms with Crippen LogP contribution in [0.5, 0.6) is 6.01 Å². The van der Waals surface area contributed by atoms with Gasteiger partial charge in [0.25, 0.3) is 0 Å². The molecule has 0 radical (unpaired) electrons. The second-order valence-electron chi connectivity index (χ2n) is 12.6. The SMILES string of the molecule is C[C@H]1Cc2nc(-c3ccc(F)c4sc(N)c(C#N)c34)c(F)c3nc(OCC45CCCN4CCC5)nc(c23)N2CC(F)NC(F)C12. The van der Waals surface area contributed by atoms with Crippen molar-refractivity contribution in [1.82, 2.24) is 25.2 Å². The van der Waals surface area contributed by atoms with Gasteiger partial charge in [-0.1, -0.05) is 6.92 Å². The molecule has 4 aromatic rings. The van der Waals surface area contributed by atoms with Gasteiger partial charge in [-0.2, -0.15) is 15.2 Å². The van der Waals surface area contributed by atoms with Crippen LogP contribution in [0.3, 0.4) is 0 Å². The number of thiophene rings is 1. The van der Waals surface area contributed by atoms with E-state index in [9.17, 15) is 14.0 Å².